The van der Waals surface area contributed by atoms with Crippen molar-refractivity contribution in [3.8, 4) is 0 Å². The molecule has 42 heavy (non-hydrogen) atoms. The molecule has 1 saturated heterocycles. The summed E-state index contributed by atoms with van der Waals surface area (Å²) in [5.74, 6) is 2.50. The van der Waals surface area contributed by atoms with Gasteiger partial charge in [0, 0.05) is 49.6 Å². The summed E-state index contributed by atoms with van der Waals surface area (Å²) in [6, 6.07) is 2.30. The first kappa shape index (κ1) is 30.8. The highest BCUT2D eigenvalue weighted by molar-refractivity contribution is 7.21. The molecule has 9 heteroatoms. The number of rotatable bonds is 7. The largest absolute Gasteiger partial charge is 0.444 e. The first-order valence-corrected chi connectivity index (χ1v) is 16.6. The van der Waals surface area contributed by atoms with Gasteiger partial charge >= 0.3 is 6.09 Å². The predicted molar refractivity (Wildman–Crippen MR) is 176 cm³/mol. The molecule has 1 fully saturated rings. The van der Waals surface area contributed by atoms with Crippen LogP contribution in [-0.4, -0.2) is 74.8 Å². The lowest BCUT2D eigenvalue weighted by molar-refractivity contribution is 0.0178. The molecule has 8 nitrogen and oxygen atoms in total. The third-order valence-corrected chi connectivity index (χ3v) is 9.32. The van der Waals surface area contributed by atoms with E-state index in [0.717, 1.165) is 93.9 Å². The zero-order valence-corrected chi connectivity index (χ0v) is 27.8. The molecule has 2 aliphatic rings. The van der Waals surface area contributed by atoms with Crippen molar-refractivity contribution in [2.24, 2.45) is 5.92 Å². The number of hydrogen-bond acceptors (Lipinski definition) is 7. The number of hydrogen-bond donors (Lipinski definition) is 1. The molecule has 0 atom stereocenters. The normalized spacial score (nSPS) is 17.7. The third kappa shape index (κ3) is 7.10. The third-order valence-electron chi connectivity index (χ3n) is 8.11. The lowest BCUT2D eigenvalue weighted by Gasteiger charge is -2.33. The fraction of sp³-hybridized carbons (Fsp3) is 0.667. The van der Waals surface area contributed by atoms with Crippen LogP contribution in [0.15, 0.2) is 12.1 Å². The van der Waals surface area contributed by atoms with E-state index in [4.69, 9.17) is 14.7 Å². The Morgan fingerprint density at radius 1 is 1.12 bits per heavy atom. The second-order valence-corrected chi connectivity index (χ2v) is 15.3. The maximum absolute atomic E-state index is 12.7. The zero-order chi connectivity index (χ0) is 30.2. The molecule has 0 aliphatic carbocycles. The topological polar surface area (TPSA) is 75.5 Å². The van der Waals surface area contributed by atoms with Crippen LogP contribution in [0.1, 0.15) is 91.3 Å². The minimum absolute atomic E-state index is 0.134. The van der Waals surface area contributed by atoms with Gasteiger partial charge in [0.1, 0.15) is 16.9 Å². The van der Waals surface area contributed by atoms with E-state index >= 15 is 0 Å². The Morgan fingerprint density at radius 3 is 2.48 bits per heavy atom. The summed E-state index contributed by atoms with van der Waals surface area (Å²) in [5.41, 5.74) is 4.08. The molecule has 2 aliphatic heterocycles. The van der Waals surface area contributed by atoms with Gasteiger partial charge in [0.2, 0.25) is 0 Å². The number of fused-ring (bicyclic) bond motifs is 3. The van der Waals surface area contributed by atoms with Crippen LogP contribution >= 0.6 is 11.3 Å². The summed E-state index contributed by atoms with van der Waals surface area (Å²) < 4.78 is 9.40. The fourth-order valence-electron chi connectivity index (χ4n) is 5.90. The molecule has 1 N–H and O–H groups in total. The van der Waals surface area contributed by atoms with E-state index < -0.39 is 5.60 Å². The predicted octanol–water partition coefficient (Wildman–Crippen LogP) is 7.57. The van der Waals surface area contributed by atoms with E-state index in [2.05, 4.69) is 61.7 Å². The zero-order valence-electron chi connectivity index (χ0n) is 27.0. The Hall–Kier alpha value is -2.65. The number of aryl methyl sites for hydroxylation is 1. The van der Waals surface area contributed by atoms with Crippen molar-refractivity contribution in [2.75, 3.05) is 38.5 Å². The smallest absolute Gasteiger partial charge is 0.410 e. The van der Waals surface area contributed by atoms with Gasteiger partial charge in [-0.3, -0.25) is 0 Å². The Labute approximate surface area is 255 Å². The number of pyridine rings is 1. The molecule has 0 unspecified atom stereocenters. The maximum atomic E-state index is 12.7. The number of unbranched alkanes of at least 4 members (excludes halogenated alkanes) is 1. The van der Waals surface area contributed by atoms with Crippen LogP contribution in [-0.2, 0) is 17.7 Å². The molecular formula is C33H50N6O2S. The number of ether oxygens (including phenoxy) is 1. The number of nitrogens with zero attached hydrogens (tertiary/aromatic N) is 5. The number of amides is 1. The Bertz CT molecular complexity index is 1450. The van der Waals surface area contributed by atoms with Gasteiger partial charge < -0.3 is 24.4 Å². The summed E-state index contributed by atoms with van der Waals surface area (Å²) in [6.07, 6.45) is 8.36. The van der Waals surface area contributed by atoms with Crippen molar-refractivity contribution in [3.05, 3.63) is 22.8 Å². The summed E-state index contributed by atoms with van der Waals surface area (Å²) in [4.78, 5) is 28.8. The fourth-order valence-corrected chi connectivity index (χ4v) is 7.12. The highest BCUT2D eigenvalue weighted by Crippen LogP contribution is 2.40. The van der Waals surface area contributed by atoms with Gasteiger partial charge in [-0.2, -0.15) is 0 Å². The standard InChI is InChI=1S/C33H50N6O2S/c1-9-10-11-26-35-27-28(39(26)21-22-12-18-38(19-13-22)31(40)41-33(5,6)7)29-24(34-30(27)36-32(2,3)4)20-25(42-29)23-14-16-37(8)17-15-23/h14,20,22H,9-13,15-19,21H2,1-8H3,(H,34,36). The first-order chi connectivity index (χ1) is 19.8. The molecule has 0 bridgehead atoms. The van der Waals surface area contributed by atoms with Crippen molar-refractivity contribution in [2.45, 2.75) is 105 Å². The SMILES string of the molecule is CCCCc1nc2c(NC(C)(C)C)nc3cc(C4=CCN(C)CC4)sc3c2n1CC1CCN(C(=O)OC(C)(C)C)CC1. The molecule has 3 aromatic heterocycles. The van der Waals surface area contributed by atoms with Crippen LogP contribution in [0.5, 0.6) is 0 Å². The van der Waals surface area contributed by atoms with Gasteiger partial charge in [-0.15, -0.1) is 11.3 Å². The first-order valence-electron chi connectivity index (χ1n) is 15.8. The van der Waals surface area contributed by atoms with E-state index in [1.165, 1.54) is 20.7 Å². The van der Waals surface area contributed by atoms with Crippen molar-refractivity contribution < 1.29 is 9.53 Å². The number of imidazole rings is 1. The molecular weight excluding hydrogens is 544 g/mol. The summed E-state index contributed by atoms with van der Waals surface area (Å²) in [5, 5.41) is 3.69. The van der Waals surface area contributed by atoms with Crippen molar-refractivity contribution in [1.29, 1.82) is 0 Å². The Morgan fingerprint density at radius 2 is 1.86 bits per heavy atom. The number of anilines is 1. The molecule has 1 amide bonds. The number of nitrogens with one attached hydrogen (secondary N) is 1. The van der Waals surface area contributed by atoms with Gasteiger partial charge in [-0.25, -0.2) is 14.8 Å². The number of aromatic nitrogens is 3. The van der Waals surface area contributed by atoms with Crippen molar-refractivity contribution in [1.82, 2.24) is 24.3 Å². The number of likely N-dealkylation sites (N-methyl/N-ethyl adjacent to an activating group) is 1. The second kappa shape index (κ2) is 12.2. The average Bonchev–Trinajstić information content (AvgIpc) is 3.48. The molecule has 0 saturated carbocycles. The molecule has 3 aromatic rings. The van der Waals surface area contributed by atoms with Crippen molar-refractivity contribution in [3.63, 3.8) is 0 Å². The minimum Gasteiger partial charge on any atom is -0.444 e. The number of carbonyl (C=O) groups excluding carboxylic acids is 1. The Balaban J connectivity index is 1.53. The van der Waals surface area contributed by atoms with Gasteiger partial charge in [-0.05, 0) is 91.8 Å². The number of thiophene rings is 1. The minimum atomic E-state index is -0.473. The number of piperidine rings is 1. The van der Waals surface area contributed by atoms with Gasteiger partial charge in [0.25, 0.3) is 0 Å². The van der Waals surface area contributed by atoms with E-state index in [-0.39, 0.29) is 11.6 Å². The lowest BCUT2D eigenvalue weighted by Crippen LogP contribution is -2.42. The summed E-state index contributed by atoms with van der Waals surface area (Å²) in [6.45, 7) is 19.0. The molecule has 0 spiro atoms. The van der Waals surface area contributed by atoms with Crippen LogP contribution in [0.2, 0.25) is 0 Å². The average molecular weight is 595 g/mol. The van der Waals surface area contributed by atoms with Gasteiger partial charge in [0.15, 0.2) is 5.82 Å². The summed E-state index contributed by atoms with van der Waals surface area (Å²) in [7, 11) is 2.18. The van der Waals surface area contributed by atoms with Crippen LogP contribution in [0.3, 0.4) is 0 Å². The molecule has 5 heterocycles. The molecule has 5 rings (SSSR count). The highest BCUT2D eigenvalue weighted by Gasteiger charge is 2.29. The van der Waals surface area contributed by atoms with E-state index in [0.29, 0.717) is 5.92 Å². The van der Waals surface area contributed by atoms with Crippen molar-refractivity contribution >= 4 is 50.1 Å². The lowest BCUT2D eigenvalue weighted by atomic mass is 9.96. The van der Waals surface area contributed by atoms with Crippen LogP contribution < -0.4 is 5.32 Å². The monoisotopic (exact) mass is 594 g/mol. The highest BCUT2D eigenvalue weighted by atomic mass is 32.1. The molecule has 0 radical (unpaired) electrons. The quantitative estimate of drug-likeness (QED) is 0.304. The van der Waals surface area contributed by atoms with E-state index in [1.807, 2.05) is 37.0 Å². The molecule has 230 valence electrons. The van der Waals surface area contributed by atoms with Crippen LogP contribution in [0, 0.1) is 5.92 Å². The van der Waals surface area contributed by atoms with E-state index in [9.17, 15) is 4.79 Å². The maximum Gasteiger partial charge on any atom is 0.410 e. The summed E-state index contributed by atoms with van der Waals surface area (Å²) >= 11 is 1.88. The second-order valence-electron chi connectivity index (χ2n) is 14.3. The van der Waals surface area contributed by atoms with Crippen LogP contribution in [0.25, 0.3) is 26.8 Å². The number of carbonyl (C=O) groups is 1. The van der Waals surface area contributed by atoms with Gasteiger partial charge in [0.05, 0.1) is 15.7 Å². The number of likely N-dealkylation sites (tertiary alicyclic amines) is 1. The Kier molecular flexibility index (Phi) is 8.91. The molecule has 0 aromatic carbocycles. The van der Waals surface area contributed by atoms with E-state index in [1.54, 1.807) is 0 Å². The van der Waals surface area contributed by atoms with Crippen LogP contribution in [0.4, 0.5) is 10.6 Å². The van der Waals surface area contributed by atoms with Gasteiger partial charge in [-0.1, -0.05) is 19.4 Å².